The number of carbonyl (C=O) groups excluding carboxylic acids is 3. The Balaban J connectivity index is 1.12. The van der Waals surface area contributed by atoms with Gasteiger partial charge in [0.05, 0.1) is 24.2 Å². The normalized spacial score (nSPS) is 13.9. The second kappa shape index (κ2) is 9.63. The van der Waals surface area contributed by atoms with E-state index in [0.29, 0.717) is 28.2 Å². The van der Waals surface area contributed by atoms with E-state index in [2.05, 4.69) is 20.6 Å². The molecule has 38 heavy (non-hydrogen) atoms. The first kappa shape index (κ1) is 23.7. The summed E-state index contributed by atoms with van der Waals surface area (Å²) in [5.74, 6) is -0.327. The molecule has 0 radical (unpaired) electrons. The van der Waals surface area contributed by atoms with E-state index < -0.39 is 17.6 Å². The predicted molar refractivity (Wildman–Crippen MR) is 138 cm³/mol. The quantitative estimate of drug-likeness (QED) is 0.359. The molecule has 2 aromatic carbocycles. The first-order chi connectivity index (χ1) is 18.4. The molecule has 4 aromatic rings. The first-order valence-electron chi connectivity index (χ1n) is 11.8. The summed E-state index contributed by atoms with van der Waals surface area (Å²) in [6.45, 7) is 0.832. The number of benzene rings is 2. The number of aromatic amines is 1. The molecule has 0 saturated heterocycles. The van der Waals surface area contributed by atoms with Crippen LogP contribution in [-0.2, 0) is 35.8 Å². The Bertz CT molecular complexity index is 1650. The molecule has 11 nitrogen and oxygen atoms in total. The van der Waals surface area contributed by atoms with Crippen LogP contribution in [0.1, 0.15) is 32.2 Å². The van der Waals surface area contributed by atoms with Crippen molar-refractivity contribution in [1.82, 2.24) is 20.2 Å². The average Bonchev–Trinajstić information content (AvgIpc) is 3.48. The van der Waals surface area contributed by atoms with Crippen molar-refractivity contribution in [1.29, 1.82) is 0 Å². The maximum Gasteiger partial charge on any atom is 0.410 e. The van der Waals surface area contributed by atoms with Crippen LogP contribution in [0.15, 0.2) is 53.3 Å². The molecule has 3 amide bonds. The van der Waals surface area contributed by atoms with Crippen LogP contribution >= 0.6 is 11.3 Å². The molecule has 0 unspecified atom stereocenters. The van der Waals surface area contributed by atoms with Crippen molar-refractivity contribution in [2.45, 2.75) is 26.2 Å². The minimum Gasteiger partial charge on any atom is -0.482 e. The summed E-state index contributed by atoms with van der Waals surface area (Å²) < 4.78 is 10.8. The summed E-state index contributed by atoms with van der Waals surface area (Å²) in [6.07, 6.45) is -0.459. The fraction of sp³-hybridized carbons (Fsp3) is 0.192. The summed E-state index contributed by atoms with van der Waals surface area (Å²) in [5.41, 5.74) is 2.44. The van der Waals surface area contributed by atoms with Gasteiger partial charge in [0, 0.05) is 17.0 Å². The van der Waals surface area contributed by atoms with E-state index >= 15 is 0 Å². The molecule has 0 saturated carbocycles. The number of carbonyl (C=O) groups is 3. The van der Waals surface area contributed by atoms with Crippen LogP contribution in [0.4, 0.5) is 10.5 Å². The van der Waals surface area contributed by atoms with Crippen LogP contribution < -0.4 is 20.9 Å². The van der Waals surface area contributed by atoms with Crippen LogP contribution in [0.5, 0.6) is 5.75 Å². The number of nitrogens with one attached hydrogen (secondary N) is 3. The maximum absolute atomic E-state index is 12.9. The molecule has 2 aliphatic heterocycles. The molecule has 12 heteroatoms. The van der Waals surface area contributed by atoms with Gasteiger partial charge in [-0.1, -0.05) is 36.4 Å². The molecular weight excluding hydrogens is 510 g/mol. The van der Waals surface area contributed by atoms with Gasteiger partial charge in [0.1, 0.15) is 17.2 Å². The average molecular weight is 532 g/mol. The Kier molecular flexibility index (Phi) is 6.00. The van der Waals surface area contributed by atoms with Crippen molar-refractivity contribution in [3.05, 3.63) is 86.3 Å². The van der Waals surface area contributed by atoms with Crippen LogP contribution in [0.3, 0.4) is 0 Å². The van der Waals surface area contributed by atoms with Crippen molar-refractivity contribution >= 4 is 45.1 Å². The summed E-state index contributed by atoms with van der Waals surface area (Å²) in [5, 5.41) is 5.84. The zero-order valence-electron chi connectivity index (χ0n) is 19.9. The minimum atomic E-state index is -0.540. The van der Waals surface area contributed by atoms with Crippen molar-refractivity contribution in [3.63, 3.8) is 0 Å². The third-order valence-corrected chi connectivity index (χ3v) is 7.35. The van der Waals surface area contributed by atoms with Gasteiger partial charge >= 0.3 is 6.09 Å². The van der Waals surface area contributed by atoms with E-state index in [9.17, 15) is 19.2 Å². The second-order valence-corrected chi connectivity index (χ2v) is 9.93. The molecule has 0 aliphatic carbocycles. The topological polar surface area (TPSA) is 143 Å². The third kappa shape index (κ3) is 4.57. The Labute approximate surface area is 219 Å². The third-order valence-electron chi connectivity index (χ3n) is 6.24. The number of anilines is 1. The molecule has 192 valence electrons. The smallest absolute Gasteiger partial charge is 0.410 e. The summed E-state index contributed by atoms with van der Waals surface area (Å²) in [6, 6.07) is 14.6. The van der Waals surface area contributed by atoms with Gasteiger partial charge in [-0.25, -0.2) is 9.78 Å². The number of nitrogens with zero attached hydrogens (tertiary/aromatic N) is 2. The number of ether oxygens (including phenoxy) is 2. The molecule has 0 bridgehead atoms. The highest BCUT2D eigenvalue weighted by atomic mass is 32.1. The lowest BCUT2D eigenvalue weighted by Gasteiger charge is -2.18. The van der Waals surface area contributed by atoms with E-state index in [1.807, 2.05) is 30.3 Å². The Hall–Kier alpha value is -4.71. The molecular formula is C26H21N5O6S. The Morgan fingerprint density at radius 3 is 2.79 bits per heavy atom. The second-order valence-electron chi connectivity index (χ2n) is 8.84. The molecule has 0 fully saturated rings. The van der Waals surface area contributed by atoms with E-state index in [-0.39, 0.29) is 38.0 Å². The lowest BCUT2D eigenvalue weighted by Crippen LogP contribution is -2.28. The zero-order chi connectivity index (χ0) is 26.2. The van der Waals surface area contributed by atoms with Gasteiger partial charge in [-0.15, -0.1) is 11.3 Å². The fourth-order valence-electron chi connectivity index (χ4n) is 4.38. The van der Waals surface area contributed by atoms with Crippen molar-refractivity contribution in [2.75, 3.05) is 11.9 Å². The predicted octanol–water partition coefficient (Wildman–Crippen LogP) is 2.90. The number of thiophene rings is 1. The lowest BCUT2D eigenvalue weighted by molar-refractivity contribution is -0.118. The maximum atomic E-state index is 12.9. The number of aromatic nitrogens is 2. The van der Waals surface area contributed by atoms with Crippen molar-refractivity contribution < 1.29 is 23.9 Å². The number of hydrogen-bond donors (Lipinski definition) is 3. The van der Waals surface area contributed by atoms with E-state index in [0.717, 1.165) is 21.6 Å². The van der Waals surface area contributed by atoms with Gasteiger partial charge in [-0.3, -0.25) is 19.3 Å². The largest absolute Gasteiger partial charge is 0.482 e. The highest BCUT2D eigenvalue weighted by molar-refractivity contribution is 7.18. The fourth-order valence-corrected chi connectivity index (χ4v) is 5.58. The van der Waals surface area contributed by atoms with Gasteiger partial charge in [0.2, 0.25) is 5.82 Å². The standard InChI is InChI=1S/C26H21N5O6S/c32-20-13-36-18-7-6-15(8-17(18)28-20)9-27-24(34)22-29-23(33)21-16-10-31(11-19(16)38-25(21)30-22)26(35)37-12-14-4-2-1-3-5-14/h1-8H,9-13H2,(H,27,34)(H,28,32)(H,29,30,33). The highest BCUT2D eigenvalue weighted by Crippen LogP contribution is 2.35. The molecule has 3 N–H and O–H groups in total. The van der Waals surface area contributed by atoms with Gasteiger partial charge in [0.25, 0.3) is 17.4 Å². The summed E-state index contributed by atoms with van der Waals surface area (Å²) in [7, 11) is 0. The molecule has 0 spiro atoms. The van der Waals surface area contributed by atoms with Gasteiger partial charge in [-0.2, -0.15) is 0 Å². The van der Waals surface area contributed by atoms with Crippen LogP contribution in [0.25, 0.3) is 10.2 Å². The number of amides is 3. The van der Waals surface area contributed by atoms with Crippen molar-refractivity contribution in [2.24, 2.45) is 0 Å². The Morgan fingerprint density at radius 1 is 1.11 bits per heavy atom. The number of hydrogen-bond acceptors (Lipinski definition) is 8. The summed E-state index contributed by atoms with van der Waals surface area (Å²) in [4.78, 5) is 59.5. The molecule has 2 aromatic heterocycles. The molecule has 2 aliphatic rings. The number of rotatable bonds is 5. The SMILES string of the molecule is O=C1COc2ccc(CNC(=O)c3nc4sc5c(c4c(=O)[nH]3)CN(C(=O)OCc3ccccc3)C5)cc2N1. The first-order valence-corrected chi connectivity index (χ1v) is 12.6. The van der Waals surface area contributed by atoms with Gasteiger partial charge in [-0.05, 0) is 23.3 Å². The van der Waals surface area contributed by atoms with Gasteiger partial charge in [0.15, 0.2) is 6.61 Å². The number of fused-ring (bicyclic) bond motifs is 4. The number of H-pyrrole nitrogens is 1. The van der Waals surface area contributed by atoms with Crippen LogP contribution in [0.2, 0.25) is 0 Å². The van der Waals surface area contributed by atoms with Gasteiger partial charge < -0.3 is 25.1 Å². The molecule has 0 atom stereocenters. The van der Waals surface area contributed by atoms with Crippen LogP contribution in [-0.4, -0.2) is 39.4 Å². The lowest BCUT2D eigenvalue weighted by atomic mass is 10.1. The monoisotopic (exact) mass is 531 g/mol. The molecule has 6 rings (SSSR count). The van der Waals surface area contributed by atoms with Crippen LogP contribution in [0, 0.1) is 0 Å². The van der Waals surface area contributed by atoms with Crippen molar-refractivity contribution in [3.8, 4) is 5.75 Å². The van der Waals surface area contributed by atoms with E-state index in [4.69, 9.17) is 9.47 Å². The highest BCUT2D eigenvalue weighted by Gasteiger charge is 2.30. The van der Waals surface area contributed by atoms with E-state index in [1.165, 1.54) is 16.2 Å². The Morgan fingerprint density at radius 2 is 1.95 bits per heavy atom. The zero-order valence-corrected chi connectivity index (χ0v) is 20.7. The summed E-state index contributed by atoms with van der Waals surface area (Å²) >= 11 is 1.28. The molecule has 4 heterocycles. The van der Waals surface area contributed by atoms with E-state index in [1.54, 1.807) is 18.2 Å². The minimum absolute atomic E-state index is 0.0346.